The second kappa shape index (κ2) is 8.13. The van der Waals surface area contributed by atoms with Gasteiger partial charge in [0.05, 0.1) is 0 Å². The van der Waals surface area contributed by atoms with E-state index in [0.29, 0.717) is 24.9 Å². The second-order valence-electron chi connectivity index (χ2n) is 6.61. The van der Waals surface area contributed by atoms with Gasteiger partial charge >= 0.3 is 0 Å². The predicted molar refractivity (Wildman–Crippen MR) is 104 cm³/mol. The third-order valence-corrected chi connectivity index (χ3v) is 4.68. The molecule has 0 radical (unpaired) electrons. The predicted octanol–water partition coefficient (Wildman–Crippen LogP) is 4.41. The summed E-state index contributed by atoms with van der Waals surface area (Å²) in [6.07, 6.45) is 1.03. The first-order valence-corrected chi connectivity index (χ1v) is 9.14. The fraction of sp³-hybridized carbons (Fsp3) is 0.381. The van der Waals surface area contributed by atoms with Crippen molar-refractivity contribution in [3.8, 4) is 11.5 Å². The standard InChI is InChI=1S/C21H26N2O3/c1-4-14(2)17-7-5-6-8-18(17)23-21(24)15(3)22-16-9-10-19-20(13-16)26-12-11-25-19/h5-10,13-15,22H,4,11-12H2,1-3H3,(H,23,24). The minimum Gasteiger partial charge on any atom is -0.486 e. The first kappa shape index (κ1) is 18.1. The zero-order valence-corrected chi connectivity index (χ0v) is 15.5. The van der Waals surface area contributed by atoms with Crippen LogP contribution in [0.15, 0.2) is 42.5 Å². The molecule has 1 heterocycles. The van der Waals surface area contributed by atoms with Crippen LogP contribution in [0.5, 0.6) is 11.5 Å². The van der Waals surface area contributed by atoms with E-state index in [1.807, 2.05) is 43.3 Å². The van der Waals surface area contributed by atoms with E-state index in [1.54, 1.807) is 0 Å². The van der Waals surface area contributed by atoms with Gasteiger partial charge in [-0.1, -0.05) is 32.0 Å². The third kappa shape index (κ3) is 4.10. The molecule has 5 nitrogen and oxygen atoms in total. The maximum atomic E-state index is 12.6. The Bertz CT molecular complexity index is 776. The molecule has 0 spiro atoms. The molecule has 0 aromatic heterocycles. The zero-order chi connectivity index (χ0) is 18.5. The number of carbonyl (C=O) groups excluding carboxylic acids is 1. The molecule has 1 aliphatic rings. The topological polar surface area (TPSA) is 59.6 Å². The van der Waals surface area contributed by atoms with Gasteiger partial charge in [0.2, 0.25) is 5.91 Å². The Labute approximate surface area is 154 Å². The molecule has 1 aliphatic heterocycles. The van der Waals surface area contributed by atoms with Crippen LogP contribution in [0.4, 0.5) is 11.4 Å². The van der Waals surface area contributed by atoms with E-state index in [-0.39, 0.29) is 11.9 Å². The Morgan fingerprint density at radius 3 is 2.58 bits per heavy atom. The highest BCUT2D eigenvalue weighted by Crippen LogP contribution is 2.33. The highest BCUT2D eigenvalue weighted by Gasteiger charge is 2.17. The van der Waals surface area contributed by atoms with Gasteiger partial charge in [0.25, 0.3) is 0 Å². The van der Waals surface area contributed by atoms with Crippen LogP contribution in [0.1, 0.15) is 38.7 Å². The number of hydrogen-bond donors (Lipinski definition) is 2. The number of ether oxygens (including phenoxy) is 2. The van der Waals surface area contributed by atoms with Gasteiger partial charge in [-0.25, -0.2) is 0 Å². The Morgan fingerprint density at radius 2 is 1.81 bits per heavy atom. The lowest BCUT2D eigenvalue weighted by Crippen LogP contribution is -2.32. The fourth-order valence-electron chi connectivity index (χ4n) is 2.95. The number of benzene rings is 2. The number of carbonyl (C=O) groups is 1. The van der Waals surface area contributed by atoms with Crippen molar-refractivity contribution in [2.75, 3.05) is 23.8 Å². The molecule has 2 unspecified atom stereocenters. The number of nitrogens with one attached hydrogen (secondary N) is 2. The fourth-order valence-corrected chi connectivity index (χ4v) is 2.95. The van der Waals surface area contributed by atoms with Crippen molar-refractivity contribution in [2.45, 2.75) is 39.2 Å². The quantitative estimate of drug-likeness (QED) is 0.807. The summed E-state index contributed by atoms with van der Waals surface area (Å²) in [6, 6.07) is 13.2. The maximum Gasteiger partial charge on any atom is 0.246 e. The van der Waals surface area contributed by atoms with Crippen LogP contribution in [-0.4, -0.2) is 25.2 Å². The summed E-state index contributed by atoms with van der Waals surface area (Å²) in [5.74, 6) is 1.76. The molecular weight excluding hydrogens is 328 g/mol. The molecule has 2 N–H and O–H groups in total. The largest absolute Gasteiger partial charge is 0.486 e. The molecule has 0 bridgehead atoms. The van der Waals surface area contributed by atoms with Gasteiger partial charge in [0.1, 0.15) is 19.3 Å². The summed E-state index contributed by atoms with van der Waals surface area (Å²) in [7, 11) is 0. The van der Waals surface area contributed by atoms with Crippen molar-refractivity contribution in [3.63, 3.8) is 0 Å². The molecule has 2 aromatic rings. The summed E-state index contributed by atoms with van der Waals surface area (Å²) in [6.45, 7) is 7.27. The van der Waals surface area contributed by atoms with Crippen LogP contribution >= 0.6 is 0 Å². The van der Waals surface area contributed by atoms with Crippen molar-refractivity contribution >= 4 is 17.3 Å². The second-order valence-corrected chi connectivity index (χ2v) is 6.61. The molecule has 0 fully saturated rings. The lowest BCUT2D eigenvalue weighted by molar-refractivity contribution is -0.116. The van der Waals surface area contributed by atoms with Crippen molar-refractivity contribution < 1.29 is 14.3 Å². The normalized spacial score (nSPS) is 15.0. The first-order chi connectivity index (χ1) is 12.6. The van der Waals surface area contributed by atoms with Crippen molar-refractivity contribution in [1.82, 2.24) is 0 Å². The van der Waals surface area contributed by atoms with E-state index in [4.69, 9.17) is 9.47 Å². The Hall–Kier alpha value is -2.69. The first-order valence-electron chi connectivity index (χ1n) is 9.14. The van der Waals surface area contributed by atoms with E-state index < -0.39 is 0 Å². The number of para-hydroxylation sites is 1. The Kier molecular flexibility index (Phi) is 5.66. The van der Waals surface area contributed by atoms with Crippen LogP contribution in [0.2, 0.25) is 0 Å². The number of hydrogen-bond acceptors (Lipinski definition) is 4. The molecular formula is C21H26N2O3. The lowest BCUT2D eigenvalue weighted by atomic mass is 9.97. The van der Waals surface area contributed by atoms with Crippen molar-refractivity contribution in [2.24, 2.45) is 0 Å². The van der Waals surface area contributed by atoms with E-state index in [0.717, 1.165) is 29.1 Å². The molecule has 5 heteroatoms. The molecule has 0 saturated heterocycles. The maximum absolute atomic E-state index is 12.6. The van der Waals surface area contributed by atoms with Gasteiger partial charge in [0.15, 0.2) is 11.5 Å². The van der Waals surface area contributed by atoms with Gasteiger partial charge in [-0.15, -0.1) is 0 Å². The molecule has 2 atom stereocenters. The van der Waals surface area contributed by atoms with Crippen LogP contribution in [0.25, 0.3) is 0 Å². The number of anilines is 2. The smallest absolute Gasteiger partial charge is 0.246 e. The molecule has 3 rings (SSSR count). The molecule has 26 heavy (non-hydrogen) atoms. The van der Waals surface area contributed by atoms with Crippen molar-refractivity contribution in [1.29, 1.82) is 0 Å². The van der Waals surface area contributed by atoms with Gasteiger partial charge in [-0.05, 0) is 43.0 Å². The highest BCUT2D eigenvalue weighted by atomic mass is 16.6. The van der Waals surface area contributed by atoms with Gasteiger partial charge in [-0.3, -0.25) is 4.79 Å². The van der Waals surface area contributed by atoms with Gasteiger partial charge in [-0.2, -0.15) is 0 Å². The van der Waals surface area contributed by atoms with E-state index in [1.165, 1.54) is 0 Å². The highest BCUT2D eigenvalue weighted by molar-refractivity contribution is 5.97. The SMILES string of the molecule is CCC(C)c1ccccc1NC(=O)C(C)Nc1ccc2c(c1)OCCO2. The van der Waals surface area contributed by atoms with Crippen LogP contribution in [0.3, 0.4) is 0 Å². The summed E-state index contributed by atoms with van der Waals surface area (Å²) in [5, 5.41) is 6.28. The Balaban J connectivity index is 1.67. The van der Waals surface area contributed by atoms with Crippen LogP contribution in [-0.2, 0) is 4.79 Å². The molecule has 138 valence electrons. The third-order valence-electron chi connectivity index (χ3n) is 4.68. The monoisotopic (exact) mass is 354 g/mol. The summed E-state index contributed by atoms with van der Waals surface area (Å²) < 4.78 is 11.1. The lowest BCUT2D eigenvalue weighted by Gasteiger charge is -2.21. The number of fused-ring (bicyclic) bond motifs is 1. The minimum atomic E-state index is -0.387. The molecule has 0 aliphatic carbocycles. The molecule has 0 saturated carbocycles. The minimum absolute atomic E-state index is 0.0735. The zero-order valence-electron chi connectivity index (χ0n) is 15.5. The number of amides is 1. The van der Waals surface area contributed by atoms with Gasteiger partial charge < -0.3 is 20.1 Å². The van der Waals surface area contributed by atoms with Crippen LogP contribution in [0, 0.1) is 0 Å². The van der Waals surface area contributed by atoms with Crippen LogP contribution < -0.4 is 20.1 Å². The molecule has 1 amide bonds. The van der Waals surface area contributed by atoms with E-state index in [9.17, 15) is 4.79 Å². The van der Waals surface area contributed by atoms with Crippen molar-refractivity contribution in [3.05, 3.63) is 48.0 Å². The number of rotatable bonds is 6. The summed E-state index contributed by atoms with van der Waals surface area (Å²) in [5.41, 5.74) is 2.87. The van der Waals surface area contributed by atoms with E-state index in [2.05, 4.69) is 30.5 Å². The average molecular weight is 354 g/mol. The van der Waals surface area contributed by atoms with E-state index >= 15 is 0 Å². The average Bonchev–Trinajstić information content (AvgIpc) is 2.67. The van der Waals surface area contributed by atoms with Gasteiger partial charge in [0, 0.05) is 17.4 Å². The summed E-state index contributed by atoms with van der Waals surface area (Å²) >= 11 is 0. The summed E-state index contributed by atoms with van der Waals surface area (Å²) in [4.78, 5) is 12.6. The molecule has 2 aromatic carbocycles. The Morgan fingerprint density at radius 1 is 1.08 bits per heavy atom.